The van der Waals surface area contributed by atoms with E-state index in [1.54, 1.807) is 7.11 Å². The minimum atomic E-state index is 0.0586. The molecule has 0 heterocycles. The van der Waals surface area contributed by atoms with Crippen LogP contribution >= 0.6 is 0 Å². The van der Waals surface area contributed by atoms with E-state index in [1.807, 2.05) is 0 Å². The average molecular weight is 242 g/mol. The molecule has 1 saturated carbocycles. The minimum absolute atomic E-state index is 0.0586. The SMILES string of the molecule is COCC(CN)(C1CC1)N(C)C(C)CC(C)C. The van der Waals surface area contributed by atoms with Gasteiger partial charge in [0.15, 0.2) is 0 Å². The summed E-state index contributed by atoms with van der Waals surface area (Å²) in [5.41, 5.74) is 6.14. The Balaban J connectivity index is 2.74. The second-order valence-corrected chi connectivity index (χ2v) is 6.10. The summed E-state index contributed by atoms with van der Waals surface area (Å²) in [7, 11) is 4.00. The standard InChI is InChI=1S/C14H30N2O/c1-11(2)8-12(3)16(4)14(9-15,10-17-5)13-6-7-13/h11-13H,6-10,15H2,1-5H3. The summed E-state index contributed by atoms with van der Waals surface area (Å²) >= 11 is 0. The van der Waals surface area contributed by atoms with Gasteiger partial charge in [-0.1, -0.05) is 13.8 Å². The Morgan fingerprint density at radius 1 is 1.35 bits per heavy atom. The number of methoxy groups -OCH3 is 1. The zero-order valence-electron chi connectivity index (χ0n) is 12.2. The van der Waals surface area contributed by atoms with Crippen molar-refractivity contribution in [3.63, 3.8) is 0 Å². The molecule has 0 amide bonds. The molecule has 1 rings (SSSR count). The highest BCUT2D eigenvalue weighted by Crippen LogP contribution is 2.43. The Hall–Kier alpha value is -0.120. The lowest BCUT2D eigenvalue weighted by Crippen LogP contribution is -2.60. The van der Waals surface area contributed by atoms with Crippen LogP contribution in [0, 0.1) is 11.8 Å². The van der Waals surface area contributed by atoms with Gasteiger partial charge in [-0.2, -0.15) is 0 Å². The van der Waals surface area contributed by atoms with Crippen LogP contribution in [0.3, 0.4) is 0 Å². The van der Waals surface area contributed by atoms with Crippen LogP contribution in [0.1, 0.15) is 40.0 Å². The summed E-state index contributed by atoms with van der Waals surface area (Å²) in [4.78, 5) is 2.48. The molecule has 0 aromatic rings. The number of nitrogens with two attached hydrogens (primary N) is 1. The van der Waals surface area contributed by atoms with Gasteiger partial charge in [0.25, 0.3) is 0 Å². The van der Waals surface area contributed by atoms with Gasteiger partial charge >= 0.3 is 0 Å². The molecule has 2 atom stereocenters. The average Bonchev–Trinajstić information content (AvgIpc) is 3.08. The first-order chi connectivity index (χ1) is 7.97. The summed E-state index contributed by atoms with van der Waals surface area (Å²) in [6.45, 7) is 8.32. The van der Waals surface area contributed by atoms with Gasteiger partial charge in [-0.05, 0) is 45.1 Å². The van der Waals surface area contributed by atoms with E-state index < -0.39 is 0 Å². The van der Waals surface area contributed by atoms with Gasteiger partial charge in [-0.25, -0.2) is 0 Å². The number of hydrogen-bond donors (Lipinski definition) is 1. The van der Waals surface area contributed by atoms with E-state index in [-0.39, 0.29) is 5.54 Å². The highest BCUT2D eigenvalue weighted by Gasteiger charge is 2.48. The van der Waals surface area contributed by atoms with Crippen LogP contribution in [0.5, 0.6) is 0 Å². The molecule has 0 aliphatic heterocycles. The Labute approximate surface area is 107 Å². The molecule has 2 unspecified atom stereocenters. The van der Waals surface area contributed by atoms with Crippen LogP contribution in [0.2, 0.25) is 0 Å². The molecule has 3 heteroatoms. The maximum atomic E-state index is 6.08. The molecule has 2 N–H and O–H groups in total. The van der Waals surface area contributed by atoms with Crippen molar-refractivity contribution in [1.29, 1.82) is 0 Å². The molecule has 0 spiro atoms. The van der Waals surface area contributed by atoms with Crippen molar-refractivity contribution >= 4 is 0 Å². The van der Waals surface area contributed by atoms with Gasteiger partial charge in [-0.15, -0.1) is 0 Å². The first kappa shape index (κ1) is 14.9. The van der Waals surface area contributed by atoms with Gasteiger partial charge in [0.05, 0.1) is 12.1 Å². The van der Waals surface area contributed by atoms with Crippen molar-refractivity contribution < 1.29 is 4.74 Å². The van der Waals surface area contributed by atoms with Gasteiger partial charge in [0, 0.05) is 19.7 Å². The monoisotopic (exact) mass is 242 g/mol. The smallest absolute Gasteiger partial charge is 0.0661 e. The minimum Gasteiger partial charge on any atom is -0.383 e. The topological polar surface area (TPSA) is 38.5 Å². The van der Waals surface area contributed by atoms with Crippen molar-refractivity contribution in [2.45, 2.75) is 51.6 Å². The summed E-state index contributed by atoms with van der Waals surface area (Å²) in [6, 6.07) is 0.564. The fourth-order valence-electron chi connectivity index (χ4n) is 3.03. The molecule has 0 radical (unpaired) electrons. The van der Waals surface area contributed by atoms with E-state index in [0.29, 0.717) is 12.6 Å². The highest BCUT2D eigenvalue weighted by atomic mass is 16.5. The quantitative estimate of drug-likeness (QED) is 0.708. The molecule has 0 saturated heterocycles. The Morgan fingerprint density at radius 3 is 2.29 bits per heavy atom. The maximum absolute atomic E-state index is 6.08. The number of likely N-dealkylation sites (N-methyl/N-ethyl adjacent to an activating group) is 1. The van der Waals surface area contributed by atoms with E-state index in [4.69, 9.17) is 10.5 Å². The Kier molecular flexibility index (Phi) is 5.42. The van der Waals surface area contributed by atoms with Crippen LogP contribution in [0.25, 0.3) is 0 Å². The van der Waals surface area contributed by atoms with Gasteiger partial charge in [-0.3, -0.25) is 4.90 Å². The summed E-state index contributed by atoms with van der Waals surface area (Å²) in [5.74, 6) is 1.46. The second kappa shape index (κ2) is 6.17. The van der Waals surface area contributed by atoms with Gasteiger partial charge in [0.2, 0.25) is 0 Å². The van der Waals surface area contributed by atoms with Crippen LogP contribution in [0.15, 0.2) is 0 Å². The Morgan fingerprint density at radius 2 is 1.94 bits per heavy atom. The molecule has 1 fully saturated rings. The predicted molar refractivity (Wildman–Crippen MR) is 73.1 cm³/mol. The van der Waals surface area contributed by atoms with Gasteiger partial charge < -0.3 is 10.5 Å². The van der Waals surface area contributed by atoms with Gasteiger partial charge in [0.1, 0.15) is 0 Å². The third kappa shape index (κ3) is 3.43. The lowest BCUT2D eigenvalue weighted by atomic mass is 9.89. The largest absolute Gasteiger partial charge is 0.383 e. The Bertz CT molecular complexity index is 228. The number of hydrogen-bond acceptors (Lipinski definition) is 3. The lowest BCUT2D eigenvalue weighted by Gasteiger charge is -2.45. The lowest BCUT2D eigenvalue weighted by molar-refractivity contribution is -0.00984. The normalized spacial score (nSPS) is 21.9. The van der Waals surface area contributed by atoms with E-state index in [1.165, 1.54) is 19.3 Å². The first-order valence-electron chi connectivity index (χ1n) is 6.90. The van der Waals surface area contributed by atoms with Crippen molar-refractivity contribution in [3.05, 3.63) is 0 Å². The predicted octanol–water partition coefficient (Wildman–Crippen LogP) is 2.11. The molecule has 0 aromatic heterocycles. The summed E-state index contributed by atoms with van der Waals surface area (Å²) < 4.78 is 5.45. The molecule has 0 aromatic carbocycles. The molecule has 3 nitrogen and oxygen atoms in total. The molecular formula is C14H30N2O. The van der Waals surface area contributed by atoms with Crippen LogP contribution in [-0.2, 0) is 4.74 Å². The summed E-state index contributed by atoms with van der Waals surface area (Å²) in [6.07, 6.45) is 3.83. The van der Waals surface area contributed by atoms with Crippen molar-refractivity contribution in [1.82, 2.24) is 4.90 Å². The molecular weight excluding hydrogens is 212 g/mol. The maximum Gasteiger partial charge on any atom is 0.0661 e. The van der Waals surface area contributed by atoms with E-state index >= 15 is 0 Å². The van der Waals surface area contributed by atoms with E-state index in [0.717, 1.165) is 18.4 Å². The molecule has 1 aliphatic rings. The van der Waals surface area contributed by atoms with E-state index in [2.05, 4.69) is 32.7 Å². The zero-order chi connectivity index (χ0) is 13.1. The number of rotatable bonds is 8. The van der Waals surface area contributed by atoms with E-state index in [9.17, 15) is 0 Å². The molecule has 17 heavy (non-hydrogen) atoms. The number of nitrogens with zero attached hydrogens (tertiary/aromatic N) is 1. The third-order valence-electron chi connectivity index (χ3n) is 4.26. The summed E-state index contributed by atoms with van der Waals surface area (Å²) in [5, 5.41) is 0. The third-order valence-corrected chi connectivity index (χ3v) is 4.26. The van der Waals surface area contributed by atoms with Crippen LogP contribution < -0.4 is 5.73 Å². The number of ether oxygens (including phenoxy) is 1. The zero-order valence-corrected chi connectivity index (χ0v) is 12.2. The highest BCUT2D eigenvalue weighted by molar-refractivity contribution is 5.03. The van der Waals surface area contributed by atoms with Crippen LogP contribution in [-0.4, -0.2) is 43.8 Å². The molecule has 1 aliphatic carbocycles. The van der Waals surface area contributed by atoms with Crippen LogP contribution in [0.4, 0.5) is 0 Å². The fraction of sp³-hybridized carbons (Fsp3) is 1.00. The van der Waals surface area contributed by atoms with Crippen molar-refractivity contribution in [3.8, 4) is 0 Å². The molecule has 102 valence electrons. The van der Waals surface area contributed by atoms with Crippen molar-refractivity contribution in [2.75, 3.05) is 27.3 Å². The first-order valence-corrected chi connectivity index (χ1v) is 6.90. The van der Waals surface area contributed by atoms with Crippen molar-refractivity contribution in [2.24, 2.45) is 17.6 Å². The molecule has 0 bridgehead atoms. The fourth-order valence-corrected chi connectivity index (χ4v) is 3.03. The second-order valence-electron chi connectivity index (χ2n) is 6.10.